The van der Waals surface area contributed by atoms with Gasteiger partial charge >= 0.3 is 0 Å². The Kier molecular flexibility index (Phi) is 4.97. The van der Waals surface area contributed by atoms with Crippen LogP contribution >= 0.6 is 23.2 Å². The zero-order valence-corrected chi connectivity index (χ0v) is 15.0. The molecule has 1 aliphatic heterocycles. The number of halogens is 2. The van der Waals surface area contributed by atoms with Crippen LogP contribution in [0.3, 0.4) is 0 Å². The molecule has 24 heavy (non-hydrogen) atoms. The first-order valence-corrected chi connectivity index (χ1v) is 8.62. The first kappa shape index (κ1) is 17.4. The molecule has 0 unspecified atom stereocenters. The highest BCUT2D eigenvalue weighted by atomic mass is 35.5. The fourth-order valence-corrected chi connectivity index (χ4v) is 3.25. The van der Waals surface area contributed by atoms with Crippen molar-refractivity contribution >= 4 is 29.0 Å². The van der Waals surface area contributed by atoms with Crippen LogP contribution in [-0.4, -0.2) is 33.7 Å². The number of piperidine rings is 1. The Labute approximate surface area is 151 Å². The topological polar surface area (TPSA) is 75.3 Å². The van der Waals surface area contributed by atoms with Crippen LogP contribution in [0.25, 0.3) is 11.3 Å². The van der Waals surface area contributed by atoms with Crippen molar-refractivity contribution in [1.29, 1.82) is 0 Å². The number of aliphatic hydroxyl groups is 1. The molecular weight excluding hydrogens is 347 g/mol. The van der Waals surface area contributed by atoms with Gasteiger partial charge in [-0.25, -0.2) is 9.97 Å². The Morgan fingerprint density at radius 1 is 1.29 bits per heavy atom. The Hall–Kier alpha value is -1.40. The molecule has 2 heterocycles. The van der Waals surface area contributed by atoms with E-state index in [1.54, 1.807) is 12.3 Å². The van der Waals surface area contributed by atoms with Crippen molar-refractivity contribution in [3.05, 3.63) is 40.1 Å². The lowest BCUT2D eigenvalue weighted by Gasteiger charge is -2.37. The summed E-state index contributed by atoms with van der Waals surface area (Å²) in [6.07, 6.45) is 3.42. The van der Waals surface area contributed by atoms with Gasteiger partial charge < -0.3 is 15.7 Å². The standard InChI is InChI=1S/C17H20Cl2N4O/c1-17(20)5-7-23(8-6-17)16-14(10-24)22-13(9-21-16)11-3-2-4-12(18)15(11)19/h2-4,9,24H,5-8,10,20H2,1H3. The third-order valence-corrected chi connectivity index (χ3v) is 5.22. The SMILES string of the molecule is CC1(N)CCN(c2ncc(-c3cccc(Cl)c3Cl)nc2CO)CC1. The predicted octanol–water partition coefficient (Wildman–Crippen LogP) is 3.26. The molecule has 3 rings (SSSR count). The van der Waals surface area contributed by atoms with E-state index in [1.807, 2.05) is 12.1 Å². The molecule has 2 aromatic rings. The number of hydrogen-bond acceptors (Lipinski definition) is 5. The minimum atomic E-state index is -0.190. The van der Waals surface area contributed by atoms with Crippen molar-refractivity contribution < 1.29 is 5.11 Å². The lowest BCUT2D eigenvalue weighted by Crippen LogP contribution is -2.48. The number of rotatable bonds is 3. The van der Waals surface area contributed by atoms with E-state index in [1.165, 1.54) is 0 Å². The van der Waals surface area contributed by atoms with E-state index < -0.39 is 0 Å². The second kappa shape index (κ2) is 6.84. The summed E-state index contributed by atoms with van der Waals surface area (Å²) in [5.74, 6) is 0.704. The van der Waals surface area contributed by atoms with Crippen LogP contribution in [0, 0.1) is 0 Å². The highest BCUT2D eigenvalue weighted by Crippen LogP contribution is 2.33. The van der Waals surface area contributed by atoms with Gasteiger partial charge in [-0.2, -0.15) is 0 Å². The molecule has 0 spiro atoms. The zero-order valence-electron chi connectivity index (χ0n) is 13.5. The van der Waals surface area contributed by atoms with Crippen molar-refractivity contribution in [1.82, 2.24) is 9.97 Å². The molecule has 7 heteroatoms. The largest absolute Gasteiger partial charge is 0.390 e. The number of anilines is 1. The molecule has 1 aromatic heterocycles. The maximum absolute atomic E-state index is 9.73. The van der Waals surface area contributed by atoms with Crippen LogP contribution in [0.4, 0.5) is 5.82 Å². The molecule has 0 aliphatic carbocycles. The number of nitrogens with two attached hydrogens (primary N) is 1. The number of aromatic nitrogens is 2. The van der Waals surface area contributed by atoms with Crippen LogP contribution in [0.1, 0.15) is 25.5 Å². The maximum atomic E-state index is 9.73. The second-order valence-electron chi connectivity index (χ2n) is 6.43. The smallest absolute Gasteiger partial charge is 0.152 e. The minimum Gasteiger partial charge on any atom is -0.390 e. The van der Waals surface area contributed by atoms with Gasteiger partial charge in [0.2, 0.25) is 0 Å². The Morgan fingerprint density at radius 2 is 2.00 bits per heavy atom. The van der Waals surface area contributed by atoms with Crippen molar-refractivity contribution in [3.63, 3.8) is 0 Å². The van der Waals surface area contributed by atoms with E-state index in [0.29, 0.717) is 32.8 Å². The van der Waals surface area contributed by atoms with Crippen LogP contribution in [0.2, 0.25) is 10.0 Å². The molecule has 3 N–H and O–H groups in total. The fraction of sp³-hybridized carbons (Fsp3) is 0.412. The van der Waals surface area contributed by atoms with E-state index in [4.69, 9.17) is 28.9 Å². The Balaban J connectivity index is 1.93. The summed E-state index contributed by atoms with van der Waals surface area (Å²) < 4.78 is 0. The van der Waals surface area contributed by atoms with Gasteiger partial charge in [-0.15, -0.1) is 0 Å². The third-order valence-electron chi connectivity index (χ3n) is 4.41. The summed E-state index contributed by atoms with van der Waals surface area (Å²) >= 11 is 12.3. The average molecular weight is 367 g/mol. The van der Waals surface area contributed by atoms with Gasteiger partial charge in [-0.05, 0) is 25.8 Å². The third kappa shape index (κ3) is 3.49. The Morgan fingerprint density at radius 3 is 2.67 bits per heavy atom. The monoisotopic (exact) mass is 366 g/mol. The van der Waals surface area contributed by atoms with Crippen LogP contribution in [-0.2, 0) is 6.61 Å². The summed E-state index contributed by atoms with van der Waals surface area (Å²) in [5.41, 5.74) is 7.86. The molecule has 1 aliphatic rings. The highest BCUT2D eigenvalue weighted by Gasteiger charge is 2.28. The first-order chi connectivity index (χ1) is 11.4. The molecule has 0 saturated carbocycles. The summed E-state index contributed by atoms with van der Waals surface area (Å²) in [5, 5.41) is 10.6. The van der Waals surface area contributed by atoms with Gasteiger partial charge in [0.15, 0.2) is 5.82 Å². The Bertz CT molecular complexity index is 741. The van der Waals surface area contributed by atoms with Gasteiger partial charge in [0.1, 0.15) is 5.69 Å². The van der Waals surface area contributed by atoms with Crippen molar-refractivity contribution in [2.45, 2.75) is 31.9 Å². The second-order valence-corrected chi connectivity index (χ2v) is 7.21. The number of hydrogen-bond donors (Lipinski definition) is 2. The van der Waals surface area contributed by atoms with E-state index in [9.17, 15) is 5.11 Å². The van der Waals surface area contributed by atoms with Crippen LogP contribution in [0.5, 0.6) is 0 Å². The summed E-state index contributed by atoms with van der Waals surface area (Å²) in [6, 6.07) is 5.37. The first-order valence-electron chi connectivity index (χ1n) is 7.86. The average Bonchev–Trinajstić information content (AvgIpc) is 2.57. The van der Waals surface area contributed by atoms with Gasteiger partial charge in [0, 0.05) is 24.2 Å². The molecule has 0 amide bonds. The zero-order chi connectivity index (χ0) is 17.3. The molecular formula is C17H20Cl2N4O. The van der Waals surface area contributed by atoms with Gasteiger partial charge in [0.25, 0.3) is 0 Å². The van der Waals surface area contributed by atoms with E-state index in [2.05, 4.69) is 21.8 Å². The molecule has 1 fully saturated rings. The van der Waals surface area contributed by atoms with Crippen molar-refractivity contribution in [2.24, 2.45) is 5.73 Å². The summed E-state index contributed by atoms with van der Waals surface area (Å²) in [7, 11) is 0. The molecule has 0 atom stereocenters. The lowest BCUT2D eigenvalue weighted by atomic mass is 9.91. The fourth-order valence-electron chi connectivity index (χ4n) is 2.85. The predicted molar refractivity (Wildman–Crippen MR) is 97.5 cm³/mol. The number of nitrogens with zero attached hydrogens (tertiary/aromatic N) is 3. The van der Waals surface area contributed by atoms with Crippen LogP contribution < -0.4 is 10.6 Å². The van der Waals surface area contributed by atoms with Gasteiger partial charge in [0.05, 0.1) is 28.5 Å². The van der Waals surface area contributed by atoms with Crippen LogP contribution in [0.15, 0.2) is 24.4 Å². The lowest BCUT2D eigenvalue weighted by molar-refractivity contribution is 0.276. The molecule has 5 nitrogen and oxygen atoms in total. The highest BCUT2D eigenvalue weighted by molar-refractivity contribution is 6.43. The van der Waals surface area contributed by atoms with Crippen molar-refractivity contribution in [3.8, 4) is 11.3 Å². The van der Waals surface area contributed by atoms with E-state index in [0.717, 1.165) is 25.9 Å². The van der Waals surface area contributed by atoms with E-state index in [-0.39, 0.29) is 12.1 Å². The van der Waals surface area contributed by atoms with Crippen molar-refractivity contribution in [2.75, 3.05) is 18.0 Å². The summed E-state index contributed by atoms with van der Waals surface area (Å²) in [6.45, 7) is 3.47. The van der Waals surface area contributed by atoms with E-state index >= 15 is 0 Å². The van der Waals surface area contributed by atoms with Gasteiger partial charge in [-0.3, -0.25) is 0 Å². The summed E-state index contributed by atoms with van der Waals surface area (Å²) in [4.78, 5) is 11.2. The van der Waals surface area contributed by atoms with Gasteiger partial charge in [-0.1, -0.05) is 35.3 Å². The molecule has 128 valence electrons. The molecule has 1 aromatic carbocycles. The maximum Gasteiger partial charge on any atom is 0.152 e. The number of aliphatic hydroxyl groups excluding tert-OH is 1. The quantitative estimate of drug-likeness (QED) is 0.871. The number of benzene rings is 1. The normalized spacial score (nSPS) is 17.1. The molecule has 1 saturated heterocycles. The molecule has 0 radical (unpaired) electrons. The minimum absolute atomic E-state index is 0.141. The molecule has 0 bridgehead atoms.